The van der Waals surface area contributed by atoms with Crippen LogP contribution in [-0.2, 0) is 0 Å². The lowest BCUT2D eigenvalue weighted by Gasteiger charge is -2.27. The maximum atomic E-state index is 6.09. The highest BCUT2D eigenvalue weighted by Gasteiger charge is 2.37. The fraction of sp³-hybridized carbons (Fsp3) is 0.615. The van der Waals surface area contributed by atoms with Gasteiger partial charge in [-0.05, 0) is 31.1 Å². The van der Waals surface area contributed by atoms with Gasteiger partial charge in [-0.2, -0.15) is 0 Å². The topological polar surface area (TPSA) is 83.7 Å². The number of aromatic amines is 1. The molecule has 1 saturated carbocycles. The van der Waals surface area contributed by atoms with Crippen molar-refractivity contribution in [2.24, 2.45) is 17.6 Å². The van der Waals surface area contributed by atoms with Crippen molar-refractivity contribution in [1.29, 1.82) is 0 Å². The number of aromatic nitrogens is 4. The Morgan fingerprint density at radius 2 is 2.05 bits per heavy atom. The molecule has 2 aromatic heterocycles. The fourth-order valence-corrected chi connectivity index (χ4v) is 3.63. The first-order chi connectivity index (χ1) is 9.31. The van der Waals surface area contributed by atoms with Crippen LogP contribution in [0, 0.1) is 11.8 Å². The smallest absolute Gasteiger partial charge is 0.182 e. The van der Waals surface area contributed by atoms with Crippen LogP contribution >= 0.6 is 0 Å². The van der Waals surface area contributed by atoms with Crippen molar-refractivity contribution in [2.45, 2.75) is 25.3 Å². The van der Waals surface area contributed by atoms with Crippen LogP contribution in [0.2, 0.25) is 0 Å². The molecule has 100 valence electrons. The second kappa shape index (κ2) is 4.16. The van der Waals surface area contributed by atoms with Gasteiger partial charge < -0.3 is 15.6 Å². The summed E-state index contributed by atoms with van der Waals surface area (Å²) in [4.78, 5) is 18.3. The third-order valence-electron chi connectivity index (χ3n) is 4.59. The molecule has 3 N–H and O–H groups in total. The Bertz CT molecular complexity index is 594. The predicted octanol–water partition coefficient (Wildman–Crippen LogP) is 0.916. The van der Waals surface area contributed by atoms with E-state index in [1.54, 1.807) is 12.7 Å². The van der Waals surface area contributed by atoms with Crippen LogP contribution in [0.15, 0.2) is 12.7 Å². The molecule has 1 aliphatic heterocycles. The molecule has 3 heterocycles. The van der Waals surface area contributed by atoms with E-state index >= 15 is 0 Å². The number of anilines is 1. The molecule has 6 nitrogen and oxygen atoms in total. The lowest BCUT2D eigenvalue weighted by Crippen LogP contribution is -2.32. The summed E-state index contributed by atoms with van der Waals surface area (Å²) in [6.45, 7) is 2.14. The maximum absolute atomic E-state index is 6.09. The second-order valence-corrected chi connectivity index (χ2v) is 5.80. The molecule has 1 aliphatic carbocycles. The van der Waals surface area contributed by atoms with E-state index in [0.717, 1.165) is 54.7 Å². The molecule has 0 radical (unpaired) electrons. The average Bonchev–Trinajstić information content (AvgIpc) is 3.03. The number of hydrogen-bond donors (Lipinski definition) is 2. The van der Waals surface area contributed by atoms with Crippen molar-refractivity contribution in [2.75, 3.05) is 18.0 Å². The Morgan fingerprint density at radius 3 is 3.00 bits per heavy atom. The average molecular weight is 258 g/mol. The van der Waals surface area contributed by atoms with Crippen molar-refractivity contribution in [3.63, 3.8) is 0 Å². The van der Waals surface area contributed by atoms with Crippen molar-refractivity contribution in [3.8, 4) is 0 Å². The Hall–Kier alpha value is -1.69. The molecule has 2 aromatic rings. The van der Waals surface area contributed by atoms with Crippen LogP contribution in [-0.4, -0.2) is 39.1 Å². The Kier molecular flexibility index (Phi) is 2.44. The number of hydrogen-bond acceptors (Lipinski definition) is 5. The molecular weight excluding hydrogens is 240 g/mol. The summed E-state index contributed by atoms with van der Waals surface area (Å²) in [7, 11) is 0. The summed E-state index contributed by atoms with van der Waals surface area (Å²) in [6.07, 6.45) is 6.85. The van der Waals surface area contributed by atoms with Crippen LogP contribution in [0.5, 0.6) is 0 Å². The van der Waals surface area contributed by atoms with Gasteiger partial charge in [-0.15, -0.1) is 0 Å². The second-order valence-electron chi connectivity index (χ2n) is 5.80. The molecule has 19 heavy (non-hydrogen) atoms. The van der Waals surface area contributed by atoms with Gasteiger partial charge in [0.15, 0.2) is 11.5 Å². The summed E-state index contributed by atoms with van der Waals surface area (Å²) in [6, 6.07) is 0.388. The summed E-state index contributed by atoms with van der Waals surface area (Å²) < 4.78 is 0. The molecular formula is C13H18N6. The number of H-pyrrole nitrogens is 1. The van der Waals surface area contributed by atoms with Gasteiger partial charge in [0.05, 0.1) is 6.33 Å². The molecule has 0 bridgehead atoms. The van der Waals surface area contributed by atoms with Crippen molar-refractivity contribution < 1.29 is 0 Å². The monoisotopic (exact) mass is 258 g/mol. The van der Waals surface area contributed by atoms with E-state index < -0.39 is 0 Å². The highest BCUT2D eigenvalue weighted by Crippen LogP contribution is 2.38. The van der Waals surface area contributed by atoms with E-state index in [4.69, 9.17) is 5.73 Å². The van der Waals surface area contributed by atoms with Gasteiger partial charge in [0, 0.05) is 19.1 Å². The van der Waals surface area contributed by atoms with Crippen LogP contribution < -0.4 is 10.6 Å². The van der Waals surface area contributed by atoms with E-state index in [0.29, 0.717) is 6.04 Å². The molecule has 3 atom stereocenters. The molecule has 2 fully saturated rings. The van der Waals surface area contributed by atoms with Crippen LogP contribution in [0.1, 0.15) is 19.3 Å². The number of nitrogens with one attached hydrogen (secondary N) is 1. The van der Waals surface area contributed by atoms with Crippen LogP contribution in [0.3, 0.4) is 0 Å². The van der Waals surface area contributed by atoms with Crippen molar-refractivity contribution in [1.82, 2.24) is 19.9 Å². The number of nitrogens with zero attached hydrogens (tertiary/aromatic N) is 4. The summed E-state index contributed by atoms with van der Waals surface area (Å²) >= 11 is 0. The molecule has 2 aliphatic rings. The third kappa shape index (κ3) is 1.78. The molecule has 6 heteroatoms. The van der Waals surface area contributed by atoms with E-state index in [9.17, 15) is 0 Å². The minimum Gasteiger partial charge on any atom is -0.354 e. The number of rotatable bonds is 1. The first-order valence-corrected chi connectivity index (χ1v) is 6.96. The quantitative estimate of drug-likeness (QED) is 0.794. The Labute approximate surface area is 111 Å². The zero-order chi connectivity index (χ0) is 12.8. The Balaban J connectivity index is 1.65. The minimum absolute atomic E-state index is 0.388. The molecule has 0 amide bonds. The van der Waals surface area contributed by atoms with Gasteiger partial charge in [0.1, 0.15) is 11.8 Å². The zero-order valence-electron chi connectivity index (χ0n) is 10.8. The molecule has 0 aromatic carbocycles. The van der Waals surface area contributed by atoms with E-state index in [1.807, 2.05) is 0 Å². The van der Waals surface area contributed by atoms with Crippen LogP contribution in [0.4, 0.5) is 5.82 Å². The molecule has 1 unspecified atom stereocenters. The maximum Gasteiger partial charge on any atom is 0.182 e. The molecule has 0 spiro atoms. The first kappa shape index (κ1) is 11.2. The predicted molar refractivity (Wildman–Crippen MR) is 72.7 cm³/mol. The highest BCUT2D eigenvalue weighted by atomic mass is 15.2. The number of nitrogens with two attached hydrogens (primary N) is 1. The number of imidazole rings is 1. The normalized spacial score (nSPS) is 30.8. The lowest BCUT2D eigenvalue weighted by molar-refractivity contribution is 0.271. The molecule has 4 rings (SSSR count). The third-order valence-corrected chi connectivity index (χ3v) is 4.59. The summed E-state index contributed by atoms with van der Waals surface area (Å²) in [5.41, 5.74) is 7.78. The standard InChI is InChI=1S/C13H18N6/c14-10-2-1-8-4-19(5-9(8)3-10)13-11-12(16-6-15-11)17-7-18-13/h6-10H,1-5,14H2,(H,15,16,17,18)/t8-,9+,10?/m1/s1. The first-order valence-electron chi connectivity index (χ1n) is 6.96. The van der Waals surface area contributed by atoms with Crippen molar-refractivity contribution >= 4 is 17.0 Å². The highest BCUT2D eigenvalue weighted by molar-refractivity contribution is 5.82. The van der Waals surface area contributed by atoms with Gasteiger partial charge in [-0.3, -0.25) is 0 Å². The van der Waals surface area contributed by atoms with E-state index in [1.165, 1.54) is 6.42 Å². The van der Waals surface area contributed by atoms with Gasteiger partial charge in [-0.1, -0.05) is 0 Å². The van der Waals surface area contributed by atoms with Crippen LogP contribution in [0.25, 0.3) is 11.2 Å². The molecule has 1 saturated heterocycles. The zero-order valence-corrected chi connectivity index (χ0v) is 10.8. The lowest BCUT2D eigenvalue weighted by atomic mass is 9.79. The van der Waals surface area contributed by atoms with Crippen molar-refractivity contribution in [3.05, 3.63) is 12.7 Å². The SMILES string of the molecule is NC1CC[C@@H]2CN(c3ncnc4nc[nH]c34)C[C@@H]2C1. The number of fused-ring (bicyclic) bond motifs is 2. The van der Waals surface area contributed by atoms with Gasteiger partial charge in [0.2, 0.25) is 0 Å². The van der Waals surface area contributed by atoms with Gasteiger partial charge in [0.25, 0.3) is 0 Å². The van der Waals surface area contributed by atoms with Gasteiger partial charge in [-0.25, -0.2) is 15.0 Å². The Morgan fingerprint density at radius 1 is 1.16 bits per heavy atom. The van der Waals surface area contributed by atoms with E-state index in [-0.39, 0.29) is 0 Å². The largest absolute Gasteiger partial charge is 0.354 e. The summed E-state index contributed by atoms with van der Waals surface area (Å²) in [5.74, 6) is 2.48. The van der Waals surface area contributed by atoms with Gasteiger partial charge >= 0.3 is 0 Å². The minimum atomic E-state index is 0.388. The fourth-order valence-electron chi connectivity index (χ4n) is 3.63. The van der Waals surface area contributed by atoms with E-state index in [2.05, 4.69) is 24.8 Å². The summed E-state index contributed by atoms with van der Waals surface area (Å²) in [5, 5.41) is 0.